The fourth-order valence-electron chi connectivity index (χ4n) is 2.94. The zero-order valence-corrected chi connectivity index (χ0v) is 17.0. The van der Waals surface area contributed by atoms with Crippen LogP contribution in [0.5, 0.6) is 11.6 Å². The monoisotopic (exact) mass is 434 g/mol. The van der Waals surface area contributed by atoms with Crippen LogP contribution in [-0.2, 0) is 18.0 Å². The molecule has 3 N–H and O–H groups in total. The summed E-state index contributed by atoms with van der Waals surface area (Å²) in [6.07, 6.45) is 1.54. The molecule has 8 nitrogen and oxygen atoms in total. The Hall–Kier alpha value is -3.24. The number of halogens is 1. The van der Waals surface area contributed by atoms with Crippen LogP contribution in [0.4, 0.5) is 4.39 Å². The van der Waals surface area contributed by atoms with Gasteiger partial charge in [-0.3, -0.25) is 4.79 Å². The molecule has 0 bridgehead atoms. The number of amides is 1. The second-order valence-electron chi connectivity index (χ2n) is 6.08. The van der Waals surface area contributed by atoms with Gasteiger partial charge in [0.1, 0.15) is 11.5 Å². The number of aliphatic hydroxyl groups is 1. The standard InChI is InChI=1S/C20H19FN2O6S/c1-3-28-20(26)17-12(15-14(30-17)4-5-23-19(15)27-2)9-29-16-11(8-24)6-10(18(22)25)7-13(16)21/h4-7,24H,3,8-9H2,1-2H3,(H2,22,25). The van der Waals surface area contributed by atoms with Crippen LogP contribution in [0.25, 0.3) is 10.1 Å². The van der Waals surface area contributed by atoms with Crippen LogP contribution in [0, 0.1) is 5.82 Å². The number of thiophene rings is 1. The Morgan fingerprint density at radius 2 is 2.10 bits per heavy atom. The molecular formula is C20H19FN2O6S. The van der Waals surface area contributed by atoms with Crippen molar-refractivity contribution < 1.29 is 33.3 Å². The average Bonchev–Trinajstić information content (AvgIpc) is 3.11. The van der Waals surface area contributed by atoms with Gasteiger partial charge in [0.25, 0.3) is 0 Å². The van der Waals surface area contributed by atoms with E-state index in [-0.39, 0.29) is 40.8 Å². The van der Waals surface area contributed by atoms with Crippen molar-refractivity contribution in [2.45, 2.75) is 20.1 Å². The van der Waals surface area contributed by atoms with Crippen LogP contribution in [0.2, 0.25) is 0 Å². The molecule has 0 radical (unpaired) electrons. The van der Waals surface area contributed by atoms with E-state index in [9.17, 15) is 19.1 Å². The van der Waals surface area contributed by atoms with Crippen molar-refractivity contribution in [3.63, 3.8) is 0 Å². The van der Waals surface area contributed by atoms with Crippen LogP contribution < -0.4 is 15.2 Å². The van der Waals surface area contributed by atoms with E-state index in [1.54, 1.807) is 19.2 Å². The molecule has 0 aliphatic rings. The zero-order chi connectivity index (χ0) is 21.8. The molecule has 1 aromatic carbocycles. The smallest absolute Gasteiger partial charge is 0.348 e. The van der Waals surface area contributed by atoms with Gasteiger partial charge in [-0.2, -0.15) is 0 Å². The van der Waals surface area contributed by atoms with E-state index in [0.29, 0.717) is 10.9 Å². The van der Waals surface area contributed by atoms with E-state index in [4.69, 9.17) is 19.9 Å². The third-order valence-electron chi connectivity index (χ3n) is 4.26. The van der Waals surface area contributed by atoms with E-state index in [0.717, 1.165) is 10.8 Å². The molecule has 0 saturated carbocycles. The van der Waals surface area contributed by atoms with Crippen LogP contribution in [0.3, 0.4) is 0 Å². The van der Waals surface area contributed by atoms with Gasteiger partial charge in [0.15, 0.2) is 11.6 Å². The highest BCUT2D eigenvalue weighted by atomic mass is 32.1. The lowest BCUT2D eigenvalue weighted by molar-refractivity contribution is 0.0529. The van der Waals surface area contributed by atoms with Gasteiger partial charge in [0.2, 0.25) is 11.8 Å². The second-order valence-corrected chi connectivity index (χ2v) is 7.13. The summed E-state index contributed by atoms with van der Waals surface area (Å²) < 4.78 is 31.3. The summed E-state index contributed by atoms with van der Waals surface area (Å²) in [5.74, 6) is -2.22. The number of primary amides is 1. The van der Waals surface area contributed by atoms with Gasteiger partial charge in [-0.05, 0) is 25.1 Å². The molecular weight excluding hydrogens is 415 g/mol. The highest BCUT2D eigenvalue weighted by Gasteiger charge is 2.24. The van der Waals surface area contributed by atoms with Crippen molar-refractivity contribution >= 4 is 33.3 Å². The van der Waals surface area contributed by atoms with E-state index >= 15 is 0 Å². The Labute approximate surface area is 175 Å². The average molecular weight is 434 g/mol. The lowest BCUT2D eigenvalue weighted by atomic mass is 10.1. The number of carbonyl (C=O) groups excluding carboxylic acids is 2. The minimum atomic E-state index is -0.863. The molecule has 1 amide bonds. The predicted molar refractivity (Wildman–Crippen MR) is 107 cm³/mol. The number of benzene rings is 1. The number of methoxy groups -OCH3 is 1. The zero-order valence-electron chi connectivity index (χ0n) is 16.2. The predicted octanol–water partition coefficient (Wildman–Crippen LogP) is 2.79. The summed E-state index contributed by atoms with van der Waals surface area (Å²) in [5.41, 5.74) is 5.55. The van der Waals surface area contributed by atoms with Crippen LogP contribution in [-0.4, -0.2) is 35.7 Å². The van der Waals surface area contributed by atoms with Gasteiger partial charge < -0.3 is 25.1 Å². The lowest BCUT2D eigenvalue weighted by Crippen LogP contribution is -2.13. The van der Waals surface area contributed by atoms with Gasteiger partial charge in [-0.1, -0.05) is 0 Å². The van der Waals surface area contributed by atoms with Gasteiger partial charge in [-0.15, -0.1) is 11.3 Å². The van der Waals surface area contributed by atoms with E-state index < -0.39 is 24.3 Å². The lowest BCUT2D eigenvalue weighted by Gasteiger charge is -2.13. The molecule has 10 heteroatoms. The van der Waals surface area contributed by atoms with Crippen LogP contribution in [0.1, 0.15) is 38.1 Å². The molecule has 3 aromatic rings. The number of ether oxygens (including phenoxy) is 3. The topological polar surface area (TPSA) is 121 Å². The molecule has 30 heavy (non-hydrogen) atoms. The SMILES string of the molecule is CCOC(=O)c1sc2ccnc(OC)c2c1COc1c(F)cc(C(N)=O)cc1CO. The van der Waals surface area contributed by atoms with E-state index in [1.807, 2.05) is 0 Å². The summed E-state index contributed by atoms with van der Waals surface area (Å²) in [7, 11) is 1.44. The third-order valence-corrected chi connectivity index (χ3v) is 5.43. The number of rotatable bonds is 8. The highest BCUT2D eigenvalue weighted by Crippen LogP contribution is 2.38. The van der Waals surface area contributed by atoms with Gasteiger partial charge in [0, 0.05) is 27.6 Å². The van der Waals surface area contributed by atoms with Crippen molar-refractivity contribution in [1.29, 1.82) is 0 Å². The Morgan fingerprint density at radius 3 is 2.73 bits per heavy atom. The molecule has 0 unspecified atom stereocenters. The maximum atomic E-state index is 14.6. The number of nitrogens with two attached hydrogens (primary N) is 1. The molecule has 0 saturated heterocycles. The number of fused-ring (bicyclic) bond motifs is 1. The van der Waals surface area contributed by atoms with Crippen LogP contribution in [0.15, 0.2) is 24.4 Å². The van der Waals surface area contributed by atoms with Gasteiger partial charge in [-0.25, -0.2) is 14.2 Å². The number of pyridine rings is 1. The summed E-state index contributed by atoms with van der Waals surface area (Å²) >= 11 is 1.18. The van der Waals surface area contributed by atoms with Crippen molar-refractivity contribution in [1.82, 2.24) is 4.98 Å². The van der Waals surface area contributed by atoms with Crippen molar-refractivity contribution in [3.8, 4) is 11.6 Å². The quantitative estimate of drug-likeness (QED) is 0.523. The number of aromatic nitrogens is 1. The summed E-state index contributed by atoms with van der Waals surface area (Å²) in [6.45, 7) is 1.07. The van der Waals surface area contributed by atoms with Gasteiger partial charge in [0.05, 0.1) is 25.7 Å². The molecule has 0 aliphatic heterocycles. The minimum Gasteiger partial charge on any atom is -0.485 e. The Balaban J connectivity index is 2.06. The molecule has 2 aromatic heterocycles. The minimum absolute atomic E-state index is 0.0473. The maximum absolute atomic E-state index is 14.6. The molecule has 0 fully saturated rings. The number of esters is 1. The fourth-order valence-corrected chi connectivity index (χ4v) is 4.03. The molecule has 158 valence electrons. The molecule has 0 spiro atoms. The Morgan fingerprint density at radius 1 is 1.33 bits per heavy atom. The first kappa shape index (κ1) is 21.5. The summed E-state index contributed by atoms with van der Waals surface area (Å²) in [5, 5.41) is 10.1. The maximum Gasteiger partial charge on any atom is 0.348 e. The molecule has 3 rings (SSSR count). The van der Waals surface area contributed by atoms with Crippen LogP contribution >= 0.6 is 11.3 Å². The van der Waals surface area contributed by atoms with Crippen molar-refractivity contribution in [2.24, 2.45) is 5.73 Å². The summed E-state index contributed by atoms with van der Waals surface area (Å²) in [6, 6.07) is 3.90. The molecule has 2 heterocycles. The normalized spacial score (nSPS) is 10.8. The first-order chi connectivity index (χ1) is 14.4. The second kappa shape index (κ2) is 9.06. The molecule has 0 atom stereocenters. The highest BCUT2D eigenvalue weighted by molar-refractivity contribution is 7.21. The van der Waals surface area contributed by atoms with Crippen molar-refractivity contribution in [2.75, 3.05) is 13.7 Å². The van der Waals surface area contributed by atoms with E-state index in [2.05, 4.69) is 4.98 Å². The van der Waals surface area contributed by atoms with Crippen molar-refractivity contribution in [3.05, 3.63) is 51.8 Å². The number of hydrogen-bond donors (Lipinski definition) is 2. The number of carbonyl (C=O) groups is 2. The molecule has 0 aliphatic carbocycles. The first-order valence-electron chi connectivity index (χ1n) is 8.88. The Bertz CT molecular complexity index is 1110. The number of hydrogen-bond acceptors (Lipinski definition) is 8. The number of nitrogens with zero attached hydrogens (tertiary/aromatic N) is 1. The Kier molecular flexibility index (Phi) is 6.48. The summed E-state index contributed by atoms with van der Waals surface area (Å²) in [4.78, 5) is 28.2. The van der Waals surface area contributed by atoms with E-state index in [1.165, 1.54) is 24.5 Å². The van der Waals surface area contributed by atoms with Gasteiger partial charge >= 0.3 is 5.97 Å². The third kappa shape index (κ3) is 4.05. The first-order valence-corrected chi connectivity index (χ1v) is 9.70. The fraction of sp³-hybridized carbons (Fsp3) is 0.250. The number of aliphatic hydroxyl groups excluding tert-OH is 1. The largest absolute Gasteiger partial charge is 0.485 e.